The second-order valence-electron chi connectivity index (χ2n) is 7.22. The molecule has 2 atom stereocenters. The zero-order valence-electron chi connectivity index (χ0n) is 14.9. The van der Waals surface area contributed by atoms with Crippen molar-refractivity contribution in [1.82, 2.24) is 5.32 Å². The van der Waals surface area contributed by atoms with Crippen molar-refractivity contribution in [2.24, 2.45) is 5.73 Å². The second-order valence-corrected chi connectivity index (χ2v) is 7.22. The van der Waals surface area contributed by atoms with Crippen LogP contribution in [0.15, 0.2) is 30.3 Å². The molecule has 1 saturated heterocycles. The molecule has 2 aliphatic rings. The van der Waals surface area contributed by atoms with E-state index in [0.717, 1.165) is 42.1 Å². The molecule has 6 heteroatoms. The number of halogens is 1. The maximum Gasteiger partial charge on any atom is 0.126 e. The molecule has 0 aromatic heterocycles. The first-order valence-electron chi connectivity index (χ1n) is 8.78. The summed E-state index contributed by atoms with van der Waals surface area (Å²) >= 11 is 0. The highest BCUT2D eigenvalue weighted by molar-refractivity contribution is 5.77. The quantitative estimate of drug-likeness (QED) is 0.775. The molecule has 0 amide bonds. The molecule has 1 fully saturated rings. The van der Waals surface area contributed by atoms with E-state index in [1.54, 1.807) is 19.1 Å². The first-order chi connectivity index (χ1) is 12.4. The molecule has 4 N–H and O–H groups in total. The molecule has 0 unspecified atom stereocenters. The van der Waals surface area contributed by atoms with Crippen LogP contribution >= 0.6 is 0 Å². The van der Waals surface area contributed by atoms with Crippen molar-refractivity contribution in [3.05, 3.63) is 52.8 Å². The first kappa shape index (κ1) is 16.8. The predicted molar refractivity (Wildman–Crippen MR) is 101 cm³/mol. The van der Waals surface area contributed by atoms with E-state index >= 15 is 0 Å². The van der Waals surface area contributed by atoms with Crippen LogP contribution < -0.4 is 21.3 Å². The van der Waals surface area contributed by atoms with Crippen LogP contribution in [0.3, 0.4) is 0 Å². The highest BCUT2D eigenvalue weighted by Crippen LogP contribution is 2.49. The Kier molecular flexibility index (Phi) is 3.87. The lowest BCUT2D eigenvalue weighted by Crippen LogP contribution is -2.61. The number of hydrogen-bond donors (Lipinski definition) is 3. The fourth-order valence-electron chi connectivity index (χ4n) is 4.22. The maximum absolute atomic E-state index is 13.5. The molecule has 2 aliphatic heterocycles. The largest absolute Gasteiger partial charge is 0.355 e. The van der Waals surface area contributed by atoms with Gasteiger partial charge in [0.1, 0.15) is 11.9 Å². The van der Waals surface area contributed by atoms with Crippen LogP contribution in [-0.2, 0) is 0 Å². The molecular formula is C20H22FN5. The van der Waals surface area contributed by atoms with Gasteiger partial charge in [0.2, 0.25) is 0 Å². The van der Waals surface area contributed by atoms with Crippen molar-refractivity contribution in [3.8, 4) is 6.07 Å². The average Bonchev–Trinajstić information content (AvgIpc) is 2.85. The Bertz CT molecular complexity index is 919. The summed E-state index contributed by atoms with van der Waals surface area (Å²) in [5, 5.41) is 16.4. The van der Waals surface area contributed by atoms with Gasteiger partial charge in [0.15, 0.2) is 0 Å². The van der Waals surface area contributed by atoms with E-state index in [2.05, 4.69) is 27.7 Å². The van der Waals surface area contributed by atoms with Gasteiger partial charge in [-0.15, -0.1) is 0 Å². The normalized spacial score (nSPS) is 24.0. The van der Waals surface area contributed by atoms with Gasteiger partial charge in [0.05, 0.1) is 16.9 Å². The number of nitriles is 1. The van der Waals surface area contributed by atoms with Crippen LogP contribution in [0.2, 0.25) is 0 Å². The number of benzene rings is 2. The van der Waals surface area contributed by atoms with Crippen LogP contribution in [0.5, 0.6) is 0 Å². The average molecular weight is 351 g/mol. The van der Waals surface area contributed by atoms with Gasteiger partial charge >= 0.3 is 0 Å². The van der Waals surface area contributed by atoms with Crippen LogP contribution in [0, 0.1) is 24.1 Å². The number of nitrogens with two attached hydrogens (primary N) is 1. The Morgan fingerprint density at radius 1 is 1.35 bits per heavy atom. The standard InChI is InChI=1S/C20H22FN5/c1-12-7-14(3-4-18(12)21)25-15-8-13(10-22)19-16(9-15)17-11-24-6-5-20(17,23)26(19)2/h3-4,7-9,17,24-25H,5-6,11,23H2,1-2H3/t17-,20-/m0/s1. The van der Waals surface area contributed by atoms with E-state index in [4.69, 9.17) is 5.73 Å². The molecule has 2 heterocycles. The Labute approximate surface area is 152 Å². The fourth-order valence-corrected chi connectivity index (χ4v) is 4.22. The second kappa shape index (κ2) is 5.97. The Morgan fingerprint density at radius 2 is 2.15 bits per heavy atom. The fraction of sp³-hybridized carbons (Fsp3) is 0.350. The third-order valence-electron chi connectivity index (χ3n) is 5.70. The third-order valence-corrected chi connectivity index (χ3v) is 5.70. The van der Waals surface area contributed by atoms with Crippen molar-refractivity contribution >= 4 is 17.1 Å². The zero-order chi connectivity index (χ0) is 18.5. The smallest absolute Gasteiger partial charge is 0.126 e. The van der Waals surface area contributed by atoms with Gasteiger partial charge < -0.3 is 21.3 Å². The molecule has 0 radical (unpaired) electrons. The van der Waals surface area contributed by atoms with Crippen molar-refractivity contribution in [2.75, 3.05) is 30.4 Å². The number of aryl methyl sites for hydroxylation is 1. The lowest BCUT2D eigenvalue weighted by atomic mass is 9.84. The van der Waals surface area contributed by atoms with E-state index in [0.29, 0.717) is 11.1 Å². The topological polar surface area (TPSA) is 77.1 Å². The van der Waals surface area contributed by atoms with E-state index in [9.17, 15) is 9.65 Å². The van der Waals surface area contributed by atoms with Crippen molar-refractivity contribution in [1.29, 1.82) is 5.26 Å². The summed E-state index contributed by atoms with van der Waals surface area (Å²) < 4.78 is 13.5. The third kappa shape index (κ3) is 2.44. The summed E-state index contributed by atoms with van der Waals surface area (Å²) in [7, 11) is 1.97. The van der Waals surface area contributed by atoms with Gasteiger partial charge in [-0.3, -0.25) is 0 Å². The van der Waals surface area contributed by atoms with Crippen molar-refractivity contribution in [3.63, 3.8) is 0 Å². The van der Waals surface area contributed by atoms with E-state index < -0.39 is 5.66 Å². The Hall–Kier alpha value is -2.62. The predicted octanol–water partition coefficient (Wildman–Crippen LogP) is 2.93. The molecule has 0 aliphatic carbocycles. The van der Waals surface area contributed by atoms with Gasteiger partial charge in [-0.1, -0.05) is 0 Å². The van der Waals surface area contributed by atoms with E-state index in [1.807, 2.05) is 13.1 Å². The summed E-state index contributed by atoms with van der Waals surface area (Å²) in [6.07, 6.45) is 0.827. The molecule has 5 nitrogen and oxygen atoms in total. The maximum atomic E-state index is 13.5. The summed E-state index contributed by atoms with van der Waals surface area (Å²) in [4.78, 5) is 2.07. The van der Waals surface area contributed by atoms with E-state index in [1.165, 1.54) is 6.07 Å². The van der Waals surface area contributed by atoms with E-state index in [-0.39, 0.29) is 11.7 Å². The van der Waals surface area contributed by atoms with Crippen molar-refractivity contribution < 1.29 is 4.39 Å². The lowest BCUT2D eigenvalue weighted by Gasteiger charge is -2.42. The molecule has 0 spiro atoms. The number of fused-ring (bicyclic) bond motifs is 3. The molecule has 0 bridgehead atoms. The molecule has 4 rings (SSSR count). The number of nitrogens with one attached hydrogen (secondary N) is 2. The summed E-state index contributed by atoms with van der Waals surface area (Å²) in [5.74, 6) is -0.106. The molecular weight excluding hydrogens is 329 g/mol. The molecule has 134 valence electrons. The van der Waals surface area contributed by atoms with Gasteiger partial charge in [0.25, 0.3) is 0 Å². The number of anilines is 3. The van der Waals surface area contributed by atoms with Gasteiger partial charge in [-0.05, 0) is 61.3 Å². The number of likely N-dealkylation sites (N-methyl/N-ethyl adjacent to an activating group) is 1. The first-order valence-corrected chi connectivity index (χ1v) is 8.78. The number of nitrogens with zero attached hydrogens (tertiary/aromatic N) is 2. The summed E-state index contributed by atoms with van der Waals surface area (Å²) in [6.45, 7) is 3.39. The monoisotopic (exact) mass is 351 g/mol. The van der Waals surface area contributed by atoms with Gasteiger partial charge in [0, 0.05) is 30.9 Å². The van der Waals surface area contributed by atoms with Crippen LogP contribution in [0.1, 0.15) is 29.0 Å². The van der Waals surface area contributed by atoms with Crippen molar-refractivity contribution in [2.45, 2.75) is 24.9 Å². The molecule has 2 aromatic rings. The minimum atomic E-state index is -0.468. The van der Waals surface area contributed by atoms with Crippen LogP contribution in [0.4, 0.5) is 21.5 Å². The SMILES string of the molecule is Cc1cc(Nc2cc(C#N)c3c(c2)[C@@H]2CNCC[C@]2(N)N3C)ccc1F. The van der Waals surface area contributed by atoms with Crippen LogP contribution in [0.25, 0.3) is 0 Å². The minimum absolute atomic E-state index is 0.125. The number of piperidine rings is 1. The minimum Gasteiger partial charge on any atom is -0.355 e. The molecule has 2 aromatic carbocycles. The Morgan fingerprint density at radius 3 is 2.88 bits per heavy atom. The number of hydrogen-bond acceptors (Lipinski definition) is 5. The summed E-state index contributed by atoms with van der Waals surface area (Å²) in [5.41, 5.74) is 11.1. The zero-order valence-corrected chi connectivity index (χ0v) is 14.9. The Balaban J connectivity index is 1.77. The molecule has 0 saturated carbocycles. The highest BCUT2D eigenvalue weighted by atomic mass is 19.1. The summed E-state index contributed by atoms with van der Waals surface area (Å²) in [6, 6.07) is 11.1. The van der Waals surface area contributed by atoms with Crippen LogP contribution in [-0.4, -0.2) is 25.8 Å². The van der Waals surface area contributed by atoms with Gasteiger partial charge in [-0.2, -0.15) is 5.26 Å². The number of rotatable bonds is 2. The molecule has 26 heavy (non-hydrogen) atoms. The van der Waals surface area contributed by atoms with Gasteiger partial charge in [-0.25, -0.2) is 4.39 Å². The lowest BCUT2D eigenvalue weighted by molar-refractivity contribution is 0.283. The highest BCUT2D eigenvalue weighted by Gasteiger charge is 2.49.